The van der Waals surface area contributed by atoms with Crippen LogP contribution in [0, 0.1) is 10.8 Å². The number of carbonyl (C=O) groups is 2. The Balaban J connectivity index is -0.000000933. The van der Waals surface area contributed by atoms with Crippen molar-refractivity contribution < 1.29 is 72.1 Å². The molecule has 0 aromatic rings. The third-order valence-corrected chi connectivity index (χ3v) is 10.1. The van der Waals surface area contributed by atoms with Crippen molar-refractivity contribution in [2.45, 2.75) is 102 Å². The Bertz CT molecular complexity index is 987. The van der Waals surface area contributed by atoms with E-state index in [4.69, 9.17) is 31.3 Å². The molecule has 4 atom stereocenters. The Labute approximate surface area is 251 Å². The summed E-state index contributed by atoms with van der Waals surface area (Å²) in [6.45, 7) is 10.6. The molecule has 0 aromatic heterocycles. The lowest BCUT2D eigenvalue weighted by atomic mass is 9.88. The fourth-order valence-electron chi connectivity index (χ4n) is 3.33. The number of thioether (sulfide) groups is 1. The first-order valence-electron chi connectivity index (χ1n) is 12.3. The minimum Gasteiger partial charge on any atom is -0.475 e. The van der Waals surface area contributed by atoms with E-state index in [0.717, 1.165) is 0 Å². The maximum Gasteiger partial charge on any atom is 0.490 e. The average molecular weight is 705 g/mol. The molecule has 4 unspecified atom stereocenters. The van der Waals surface area contributed by atoms with E-state index in [-0.39, 0.29) is 24.9 Å². The molecule has 0 saturated heterocycles. The van der Waals surface area contributed by atoms with Gasteiger partial charge in [0.2, 0.25) is 0 Å². The summed E-state index contributed by atoms with van der Waals surface area (Å²) in [5.74, 6) is -4.35. The number of aliphatic carboxylic acids is 2. The summed E-state index contributed by atoms with van der Waals surface area (Å²) >= 11 is 1.53. The molecule has 0 aromatic carbocycles. The maximum atomic E-state index is 11.6. The van der Waals surface area contributed by atoms with Gasteiger partial charge in [0.05, 0.1) is 10.5 Å². The molecule has 0 aliphatic heterocycles. The standard InChI is InChI=1S/C18H40N2O6S3.2C2HF3O2/c1-17(2,3)15(28(21,22)23)9-7-13(19)11-27-12-14(20)8-10-16(18(4,5)6)29(24,25)26;2*3-2(4,5)1(6)7/h13-16H,7-12,19-20H2,1-6H3,(H,21,22,23)(H,24,25,26);2*(H,6,7). The van der Waals surface area contributed by atoms with Gasteiger partial charge in [-0.2, -0.15) is 54.9 Å². The largest absolute Gasteiger partial charge is 0.490 e. The highest BCUT2D eigenvalue weighted by atomic mass is 32.2. The van der Waals surface area contributed by atoms with Crippen LogP contribution in [0.2, 0.25) is 0 Å². The van der Waals surface area contributed by atoms with Crippen LogP contribution in [0.3, 0.4) is 0 Å². The monoisotopic (exact) mass is 704 g/mol. The predicted molar refractivity (Wildman–Crippen MR) is 149 cm³/mol. The molecule has 12 nitrogen and oxygen atoms in total. The van der Waals surface area contributed by atoms with Crippen LogP contribution in [-0.4, -0.2) is 94.5 Å². The second kappa shape index (κ2) is 17.9. The quantitative estimate of drug-likeness (QED) is 0.125. The van der Waals surface area contributed by atoms with Crippen molar-refractivity contribution in [2.24, 2.45) is 22.3 Å². The molecule has 0 bridgehead atoms. The SMILES string of the molecule is CC(C)(C)C(CCC(N)CSCC(N)CCC(C(C)(C)C)S(=O)(=O)O)S(=O)(=O)O.O=C(O)C(F)(F)F.O=C(O)C(F)(F)F. The number of hydrogen-bond donors (Lipinski definition) is 6. The summed E-state index contributed by atoms with van der Waals surface area (Å²) < 4.78 is 129. The van der Waals surface area contributed by atoms with Crippen molar-refractivity contribution >= 4 is 43.9 Å². The second-order valence-corrected chi connectivity index (χ2v) is 15.8. The molecule has 0 fully saturated rings. The Hall–Kier alpha value is -1.39. The second-order valence-electron chi connectivity index (χ2n) is 11.6. The predicted octanol–water partition coefficient (Wildman–Crippen LogP) is 3.81. The van der Waals surface area contributed by atoms with Crippen molar-refractivity contribution in [3.8, 4) is 0 Å². The Morgan fingerprint density at radius 1 is 0.628 bits per heavy atom. The number of alkyl halides is 6. The van der Waals surface area contributed by atoms with Gasteiger partial charge in [-0.25, -0.2) is 9.59 Å². The van der Waals surface area contributed by atoms with Gasteiger partial charge in [-0.15, -0.1) is 0 Å². The van der Waals surface area contributed by atoms with Gasteiger partial charge in [0, 0.05) is 23.6 Å². The Kier molecular flexibility index (Phi) is 19.2. The van der Waals surface area contributed by atoms with Crippen LogP contribution in [0.15, 0.2) is 0 Å². The van der Waals surface area contributed by atoms with E-state index in [1.807, 2.05) is 0 Å². The summed E-state index contributed by atoms with van der Waals surface area (Å²) in [6, 6.07) is -0.474. The lowest BCUT2D eigenvalue weighted by Gasteiger charge is -2.29. The average Bonchev–Trinajstić information content (AvgIpc) is 2.69. The van der Waals surface area contributed by atoms with Crippen LogP contribution in [0.25, 0.3) is 0 Å². The van der Waals surface area contributed by atoms with Crippen LogP contribution in [0.1, 0.15) is 67.2 Å². The molecule has 0 aliphatic rings. The summed E-state index contributed by atoms with van der Waals surface area (Å²) in [7, 11) is -8.29. The summed E-state index contributed by atoms with van der Waals surface area (Å²) in [4.78, 5) is 17.8. The van der Waals surface area contributed by atoms with E-state index in [1.165, 1.54) is 11.8 Å². The van der Waals surface area contributed by atoms with Crippen LogP contribution in [0.4, 0.5) is 26.3 Å². The van der Waals surface area contributed by atoms with Gasteiger partial charge >= 0.3 is 24.3 Å². The highest BCUT2D eigenvalue weighted by Gasteiger charge is 2.39. The molecule has 21 heteroatoms. The number of rotatable bonds is 12. The van der Waals surface area contributed by atoms with Crippen molar-refractivity contribution in [2.75, 3.05) is 11.5 Å². The first-order valence-corrected chi connectivity index (χ1v) is 16.4. The molecule has 0 amide bonds. The minimum absolute atomic E-state index is 0.237. The van der Waals surface area contributed by atoms with Crippen molar-refractivity contribution in [1.29, 1.82) is 0 Å². The third kappa shape index (κ3) is 23.6. The van der Waals surface area contributed by atoms with Gasteiger partial charge in [0.15, 0.2) is 0 Å². The first kappa shape index (κ1) is 46.0. The van der Waals surface area contributed by atoms with Gasteiger partial charge < -0.3 is 21.7 Å². The van der Waals surface area contributed by atoms with Gasteiger partial charge in [0.1, 0.15) is 0 Å². The molecule has 0 radical (unpaired) electrons. The molecule has 0 rings (SSSR count). The first-order chi connectivity index (χ1) is 18.6. The van der Waals surface area contributed by atoms with Gasteiger partial charge in [-0.3, -0.25) is 9.11 Å². The normalized spacial score (nSPS) is 16.0. The summed E-state index contributed by atoms with van der Waals surface area (Å²) in [6.07, 6.45) is -8.70. The van der Waals surface area contributed by atoms with Crippen molar-refractivity contribution in [3.05, 3.63) is 0 Å². The lowest BCUT2D eigenvalue weighted by molar-refractivity contribution is -0.193. The number of carboxylic acid groups (broad SMARTS) is 2. The van der Waals surface area contributed by atoms with E-state index in [9.17, 15) is 52.3 Å². The highest BCUT2D eigenvalue weighted by molar-refractivity contribution is 7.99. The Morgan fingerprint density at radius 3 is 0.977 bits per heavy atom. The van der Waals surface area contributed by atoms with E-state index in [2.05, 4.69) is 0 Å². The van der Waals surface area contributed by atoms with E-state index >= 15 is 0 Å². The van der Waals surface area contributed by atoms with Gasteiger partial charge in [-0.05, 0) is 36.5 Å². The fraction of sp³-hybridized carbons (Fsp3) is 0.909. The molecule has 8 N–H and O–H groups in total. The molecular formula is C22H42F6N2O10S3. The number of carboxylic acids is 2. The van der Waals surface area contributed by atoms with E-state index < -0.39 is 65.9 Å². The van der Waals surface area contributed by atoms with Crippen LogP contribution in [0.5, 0.6) is 0 Å². The highest BCUT2D eigenvalue weighted by Crippen LogP contribution is 2.30. The topological polar surface area (TPSA) is 235 Å². The van der Waals surface area contributed by atoms with Crippen LogP contribution < -0.4 is 11.5 Å². The molecular weight excluding hydrogens is 662 g/mol. The number of nitrogens with two attached hydrogens (primary N) is 2. The molecule has 43 heavy (non-hydrogen) atoms. The van der Waals surface area contributed by atoms with Gasteiger partial charge in [0.25, 0.3) is 20.2 Å². The lowest BCUT2D eigenvalue weighted by Crippen LogP contribution is -2.37. The molecule has 0 saturated carbocycles. The van der Waals surface area contributed by atoms with Crippen molar-refractivity contribution in [3.63, 3.8) is 0 Å². The summed E-state index contributed by atoms with van der Waals surface area (Å²) in [5.41, 5.74) is 11.0. The fourth-order valence-corrected chi connectivity index (χ4v) is 7.06. The zero-order valence-electron chi connectivity index (χ0n) is 24.4. The molecule has 0 aliphatic carbocycles. The van der Waals surface area contributed by atoms with Crippen LogP contribution >= 0.6 is 11.8 Å². The third-order valence-electron chi connectivity index (χ3n) is 5.40. The number of hydrogen-bond acceptors (Lipinski definition) is 9. The summed E-state index contributed by atoms with van der Waals surface area (Å²) in [5, 5.41) is 12.5. The molecule has 260 valence electrons. The number of halogens is 6. The molecule has 0 spiro atoms. The van der Waals surface area contributed by atoms with E-state index in [0.29, 0.717) is 24.3 Å². The van der Waals surface area contributed by atoms with Crippen LogP contribution in [-0.2, 0) is 29.8 Å². The van der Waals surface area contributed by atoms with E-state index in [1.54, 1.807) is 41.5 Å². The van der Waals surface area contributed by atoms with Gasteiger partial charge in [-0.1, -0.05) is 41.5 Å². The zero-order chi connectivity index (χ0) is 35.4. The smallest absolute Gasteiger partial charge is 0.475 e. The molecule has 0 heterocycles. The van der Waals surface area contributed by atoms with Crippen molar-refractivity contribution in [1.82, 2.24) is 0 Å². The Morgan fingerprint density at radius 2 is 0.837 bits per heavy atom. The minimum atomic E-state index is -5.08. The zero-order valence-corrected chi connectivity index (χ0v) is 26.9. The maximum absolute atomic E-state index is 11.6.